The molecule has 0 heterocycles. The van der Waals surface area contributed by atoms with E-state index in [1.54, 1.807) is 12.1 Å². The lowest BCUT2D eigenvalue weighted by Gasteiger charge is -2.27. The number of rotatable bonds is 3. The highest BCUT2D eigenvalue weighted by atomic mass is 35.5. The van der Waals surface area contributed by atoms with Gasteiger partial charge in [-0.3, -0.25) is 4.79 Å². The first-order valence-electron chi connectivity index (χ1n) is 5.02. The minimum Gasteiger partial charge on any atom is -0.382 e. The molecule has 1 saturated carbocycles. The first-order valence-corrected chi connectivity index (χ1v) is 5.40. The summed E-state index contributed by atoms with van der Waals surface area (Å²) >= 11 is 5.93. The number of nitrogens with two attached hydrogens (primary N) is 1. The lowest BCUT2D eigenvalue weighted by Crippen LogP contribution is -2.27. The van der Waals surface area contributed by atoms with E-state index >= 15 is 0 Å². The van der Waals surface area contributed by atoms with Gasteiger partial charge in [0.2, 0.25) is 5.91 Å². The van der Waals surface area contributed by atoms with Crippen LogP contribution in [0.25, 0.3) is 0 Å². The predicted octanol–water partition coefficient (Wildman–Crippen LogP) is 2.40. The van der Waals surface area contributed by atoms with Gasteiger partial charge in [-0.1, -0.05) is 11.6 Å². The number of nitrogens with one attached hydrogen (secondary N) is 1. The van der Waals surface area contributed by atoms with Crippen molar-refractivity contribution in [1.29, 1.82) is 0 Å². The van der Waals surface area contributed by atoms with Gasteiger partial charge >= 0.3 is 0 Å². The van der Waals surface area contributed by atoms with Gasteiger partial charge in [-0.25, -0.2) is 0 Å². The van der Waals surface area contributed by atoms with Gasteiger partial charge in [0, 0.05) is 11.7 Å². The molecule has 80 valence electrons. The van der Waals surface area contributed by atoms with Crippen molar-refractivity contribution in [3.05, 3.63) is 28.8 Å². The van der Waals surface area contributed by atoms with E-state index in [1.165, 1.54) is 19.3 Å². The van der Waals surface area contributed by atoms with Crippen LogP contribution in [0, 0.1) is 0 Å². The monoisotopic (exact) mass is 224 g/mol. The Morgan fingerprint density at radius 1 is 1.47 bits per heavy atom. The fourth-order valence-corrected chi connectivity index (χ4v) is 1.87. The number of anilines is 1. The average molecular weight is 225 g/mol. The summed E-state index contributed by atoms with van der Waals surface area (Å²) in [5.41, 5.74) is 6.48. The quantitative estimate of drug-likeness (QED) is 0.829. The van der Waals surface area contributed by atoms with Crippen LogP contribution in [0.4, 0.5) is 5.69 Å². The zero-order valence-corrected chi connectivity index (χ0v) is 9.05. The molecule has 0 bridgehead atoms. The van der Waals surface area contributed by atoms with Crippen molar-refractivity contribution < 1.29 is 4.79 Å². The number of hydrogen-bond acceptors (Lipinski definition) is 2. The van der Waals surface area contributed by atoms with E-state index in [1.807, 2.05) is 6.07 Å². The molecule has 0 aromatic heterocycles. The van der Waals surface area contributed by atoms with Crippen LogP contribution in [0.2, 0.25) is 5.02 Å². The van der Waals surface area contributed by atoms with E-state index in [0.29, 0.717) is 16.6 Å². The van der Waals surface area contributed by atoms with Crippen molar-refractivity contribution in [3.8, 4) is 0 Å². The Balaban J connectivity index is 2.13. The summed E-state index contributed by atoms with van der Waals surface area (Å²) in [5, 5.41) is 3.76. The zero-order chi connectivity index (χ0) is 10.8. The first kappa shape index (κ1) is 10.3. The third kappa shape index (κ3) is 2.23. The Labute approximate surface area is 93.6 Å². The van der Waals surface area contributed by atoms with Gasteiger partial charge in [0.1, 0.15) is 0 Å². The number of primary amides is 1. The molecule has 0 unspecified atom stereocenters. The molecule has 1 aliphatic carbocycles. The van der Waals surface area contributed by atoms with Crippen molar-refractivity contribution in [2.45, 2.75) is 25.3 Å². The molecule has 0 radical (unpaired) electrons. The summed E-state index contributed by atoms with van der Waals surface area (Å²) in [6.07, 6.45) is 3.69. The molecule has 1 aromatic rings. The topological polar surface area (TPSA) is 55.1 Å². The molecule has 0 aliphatic heterocycles. The smallest absolute Gasteiger partial charge is 0.250 e. The van der Waals surface area contributed by atoms with E-state index in [0.717, 1.165) is 5.69 Å². The Kier molecular flexibility index (Phi) is 2.82. The van der Waals surface area contributed by atoms with Crippen molar-refractivity contribution in [2.75, 3.05) is 5.32 Å². The Morgan fingerprint density at radius 3 is 2.67 bits per heavy atom. The van der Waals surface area contributed by atoms with Gasteiger partial charge in [0.05, 0.1) is 10.6 Å². The highest BCUT2D eigenvalue weighted by molar-refractivity contribution is 6.34. The first-order chi connectivity index (χ1) is 7.16. The van der Waals surface area contributed by atoms with E-state index in [-0.39, 0.29) is 0 Å². The summed E-state index contributed by atoms with van der Waals surface area (Å²) in [4.78, 5) is 10.9. The van der Waals surface area contributed by atoms with Gasteiger partial charge in [0.25, 0.3) is 0 Å². The molecule has 4 heteroatoms. The molecule has 1 aromatic carbocycles. The van der Waals surface area contributed by atoms with Crippen LogP contribution in [0.15, 0.2) is 18.2 Å². The predicted molar refractivity (Wildman–Crippen MR) is 61.2 cm³/mol. The Morgan fingerprint density at radius 2 is 2.20 bits per heavy atom. The van der Waals surface area contributed by atoms with Gasteiger partial charge in [0.15, 0.2) is 0 Å². The lowest BCUT2D eigenvalue weighted by atomic mass is 9.93. The molecule has 0 saturated heterocycles. The van der Waals surface area contributed by atoms with Gasteiger partial charge < -0.3 is 11.1 Å². The van der Waals surface area contributed by atoms with Gasteiger partial charge in [-0.05, 0) is 37.5 Å². The van der Waals surface area contributed by atoms with Crippen molar-refractivity contribution in [1.82, 2.24) is 0 Å². The number of carbonyl (C=O) groups excluding carboxylic acids is 1. The summed E-state index contributed by atoms with van der Waals surface area (Å²) in [6, 6.07) is 5.80. The maximum Gasteiger partial charge on any atom is 0.250 e. The summed E-state index contributed by atoms with van der Waals surface area (Å²) < 4.78 is 0. The van der Waals surface area contributed by atoms with Crippen LogP contribution in [-0.2, 0) is 0 Å². The normalized spacial score (nSPS) is 15.8. The largest absolute Gasteiger partial charge is 0.382 e. The fourth-order valence-electron chi connectivity index (χ4n) is 1.59. The van der Waals surface area contributed by atoms with Crippen LogP contribution in [-0.4, -0.2) is 11.9 Å². The third-order valence-corrected chi connectivity index (χ3v) is 3.02. The summed E-state index contributed by atoms with van der Waals surface area (Å²) in [6.45, 7) is 0. The lowest BCUT2D eigenvalue weighted by molar-refractivity contribution is 0.100. The minimum absolute atomic E-state index is 0.371. The molecular weight excluding hydrogens is 212 g/mol. The molecular formula is C11H13ClN2O. The van der Waals surface area contributed by atoms with Crippen molar-refractivity contribution in [3.63, 3.8) is 0 Å². The fraction of sp³-hybridized carbons (Fsp3) is 0.364. The maximum absolute atomic E-state index is 10.9. The van der Waals surface area contributed by atoms with Gasteiger partial charge in [-0.15, -0.1) is 0 Å². The number of hydrogen-bond donors (Lipinski definition) is 2. The van der Waals surface area contributed by atoms with Crippen molar-refractivity contribution >= 4 is 23.2 Å². The molecule has 1 fully saturated rings. The molecule has 15 heavy (non-hydrogen) atoms. The second kappa shape index (κ2) is 4.11. The van der Waals surface area contributed by atoms with E-state index in [4.69, 9.17) is 17.3 Å². The molecule has 2 rings (SSSR count). The van der Waals surface area contributed by atoms with Crippen LogP contribution in [0.3, 0.4) is 0 Å². The van der Waals surface area contributed by atoms with Crippen LogP contribution < -0.4 is 11.1 Å². The number of halogens is 1. The summed E-state index contributed by atoms with van der Waals surface area (Å²) in [7, 11) is 0. The van der Waals surface area contributed by atoms with E-state index in [9.17, 15) is 4.79 Å². The highest BCUT2D eigenvalue weighted by Gasteiger charge is 2.17. The second-order valence-electron chi connectivity index (χ2n) is 3.83. The standard InChI is InChI=1S/C11H13ClN2O/c12-10-6-8(14-7-2-1-3-7)4-5-9(10)11(13)15/h4-7,14H,1-3H2,(H2,13,15). The van der Waals surface area contributed by atoms with Gasteiger partial charge in [-0.2, -0.15) is 0 Å². The molecule has 1 aliphatic rings. The molecule has 0 atom stereocenters. The van der Waals surface area contributed by atoms with E-state index < -0.39 is 5.91 Å². The SMILES string of the molecule is NC(=O)c1ccc(NC2CCC2)cc1Cl. The third-order valence-electron chi connectivity index (χ3n) is 2.71. The number of carbonyl (C=O) groups is 1. The maximum atomic E-state index is 10.9. The van der Waals surface area contributed by atoms with E-state index in [2.05, 4.69) is 5.32 Å². The Bertz CT molecular complexity index is 388. The van der Waals surface area contributed by atoms with Crippen molar-refractivity contribution in [2.24, 2.45) is 5.73 Å². The minimum atomic E-state index is -0.491. The molecule has 3 nitrogen and oxygen atoms in total. The number of benzene rings is 1. The Hall–Kier alpha value is -1.22. The molecule has 0 spiro atoms. The molecule has 3 N–H and O–H groups in total. The van der Waals surface area contributed by atoms with Crippen LogP contribution >= 0.6 is 11.6 Å². The highest BCUT2D eigenvalue weighted by Crippen LogP contribution is 2.26. The molecule has 1 amide bonds. The summed E-state index contributed by atoms with van der Waals surface area (Å²) in [5.74, 6) is -0.491. The zero-order valence-electron chi connectivity index (χ0n) is 8.29. The van der Waals surface area contributed by atoms with Crippen LogP contribution in [0.5, 0.6) is 0 Å². The number of amides is 1. The van der Waals surface area contributed by atoms with Crippen LogP contribution in [0.1, 0.15) is 29.6 Å². The second-order valence-corrected chi connectivity index (χ2v) is 4.24. The average Bonchev–Trinajstić information content (AvgIpc) is 2.11.